The first-order valence-corrected chi connectivity index (χ1v) is 10.5. The third-order valence-corrected chi connectivity index (χ3v) is 5.52. The largest absolute Gasteiger partial charge is 0.359 e. The summed E-state index contributed by atoms with van der Waals surface area (Å²) < 4.78 is 0. The van der Waals surface area contributed by atoms with Crippen molar-refractivity contribution in [2.24, 2.45) is 11.7 Å². The van der Waals surface area contributed by atoms with Crippen LogP contribution in [0.4, 0.5) is 11.5 Å². The van der Waals surface area contributed by atoms with Gasteiger partial charge in [0.15, 0.2) is 0 Å². The number of amides is 2. The number of anilines is 2. The van der Waals surface area contributed by atoms with Gasteiger partial charge in [-0.3, -0.25) is 14.6 Å². The molecule has 0 radical (unpaired) electrons. The van der Waals surface area contributed by atoms with E-state index in [-0.39, 0.29) is 24.3 Å². The first kappa shape index (κ1) is 19.9. The van der Waals surface area contributed by atoms with Gasteiger partial charge in [0.25, 0.3) is 5.91 Å². The highest BCUT2D eigenvalue weighted by Crippen LogP contribution is 2.34. The van der Waals surface area contributed by atoms with Gasteiger partial charge in [0.1, 0.15) is 5.82 Å². The molecule has 0 unspecified atom stereocenters. The number of fused-ring (bicyclic) bond motifs is 1. The Morgan fingerprint density at radius 1 is 1.06 bits per heavy atom. The molecule has 0 atom stereocenters. The van der Waals surface area contributed by atoms with Crippen molar-refractivity contribution in [2.75, 3.05) is 10.6 Å². The van der Waals surface area contributed by atoms with Crippen molar-refractivity contribution in [3.8, 4) is 11.1 Å². The number of nitrogens with one attached hydrogen (secondary N) is 3. The Morgan fingerprint density at radius 2 is 1.91 bits per heavy atom. The number of carbonyl (C=O) groups is 2. The summed E-state index contributed by atoms with van der Waals surface area (Å²) in [6, 6.07) is 12.8. The number of pyridine rings is 2. The average Bonchev–Trinajstić information content (AvgIpc) is 3.58. The third-order valence-electron chi connectivity index (χ3n) is 5.52. The molecule has 2 amide bonds. The lowest BCUT2D eigenvalue weighted by molar-refractivity contribution is -0.117. The van der Waals surface area contributed by atoms with E-state index < -0.39 is 0 Å². The van der Waals surface area contributed by atoms with Gasteiger partial charge in [-0.25, -0.2) is 4.98 Å². The van der Waals surface area contributed by atoms with Crippen LogP contribution in [0.15, 0.2) is 61.1 Å². The number of aromatic amines is 1. The lowest BCUT2D eigenvalue weighted by Crippen LogP contribution is -2.14. The van der Waals surface area contributed by atoms with E-state index in [0.717, 1.165) is 34.9 Å². The highest BCUT2D eigenvalue weighted by Gasteiger charge is 2.29. The molecule has 0 bridgehead atoms. The van der Waals surface area contributed by atoms with E-state index in [1.54, 1.807) is 24.5 Å². The summed E-state index contributed by atoms with van der Waals surface area (Å²) in [5.41, 5.74) is 10.1. The Balaban J connectivity index is 1.43. The number of para-hydroxylation sites is 1. The van der Waals surface area contributed by atoms with Crippen LogP contribution in [0.1, 0.15) is 28.9 Å². The van der Waals surface area contributed by atoms with Gasteiger partial charge >= 0.3 is 0 Å². The molecule has 160 valence electrons. The molecule has 0 spiro atoms. The van der Waals surface area contributed by atoms with E-state index in [2.05, 4.69) is 25.6 Å². The SMILES string of the molecule is NCc1cc(C(=O)Nc2cccc3c(-c4ccnc(NC(=O)C5CC5)c4)c[nH]c23)ccn1. The van der Waals surface area contributed by atoms with Crippen LogP contribution >= 0.6 is 0 Å². The predicted molar refractivity (Wildman–Crippen MR) is 123 cm³/mol. The Bertz CT molecular complexity index is 1330. The van der Waals surface area contributed by atoms with Gasteiger partial charge in [-0.2, -0.15) is 0 Å². The van der Waals surface area contributed by atoms with Gasteiger partial charge < -0.3 is 21.4 Å². The second-order valence-corrected chi connectivity index (χ2v) is 7.82. The number of hydrogen-bond acceptors (Lipinski definition) is 5. The molecule has 1 aliphatic rings. The van der Waals surface area contributed by atoms with Crippen molar-refractivity contribution in [3.05, 3.63) is 72.3 Å². The first-order chi connectivity index (χ1) is 15.6. The molecule has 5 N–H and O–H groups in total. The van der Waals surface area contributed by atoms with Crippen LogP contribution in [0.3, 0.4) is 0 Å². The minimum atomic E-state index is -0.236. The van der Waals surface area contributed by atoms with Crippen LogP contribution in [0, 0.1) is 5.92 Å². The number of aromatic nitrogens is 3. The Kier molecular flexibility index (Phi) is 5.12. The van der Waals surface area contributed by atoms with Gasteiger partial charge in [0.05, 0.1) is 16.9 Å². The molecule has 8 heteroatoms. The maximum absolute atomic E-state index is 12.8. The minimum absolute atomic E-state index is 0.0208. The highest BCUT2D eigenvalue weighted by atomic mass is 16.2. The van der Waals surface area contributed by atoms with Crippen LogP contribution in [0.5, 0.6) is 0 Å². The summed E-state index contributed by atoms with van der Waals surface area (Å²) in [4.78, 5) is 36.5. The van der Waals surface area contributed by atoms with Crippen LogP contribution in [0.25, 0.3) is 22.0 Å². The van der Waals surface area contributed by atoms with Crippen LogP contribution in [-0.2, 0) is 11.3 Å². The van der Waals surface area contributed by atoms with Crippen LogP contribution in [0.2, 0.25) is 0 Å². The fraction of sp³-hybridized carbons (Fsp3) is 0.167. The minimum Gasteiger partial charge on any atom is -0.359 e. The summed E-state index contributed by atoms with van der Waals surface area (Å²) in [5.74, 6) is 0.430. The topological polar surface area (TPSA) is 126 Å². The molecule has 3 heterocycles. The van der Waals surface area contributed by atoms with E-state index in [0.29, 0.717) is 22.8 Å². The molecule has 0 aliphatic heterocycles. The standard InChI is InChI=1S/C24H22N6O2/c25-12-17-10-16(7-8-26-17)24(32)29-20-3-1-2-18-19(13-28-22(18)20)15-6-9-27-21(11-15)30-23(31)14-4-5-14/h1-3,6-11,13-14,28H,4-5,12,25H2,(H,29,32)(H,27,30,31). The number of H-pyrrole nitrogens is 1. The summed E-state index contributed by atoms with van der Waals surface area (Å²) in [6.45, 7) is 0.270. The second kappa shape index (κ2) is 8.24. The third kappa shape index (κ3) is 3.95. The first-order valence-electron chi connectivity index (χ1n) is 10.5. The molecule has 32 heavy (non-hydrogen) atoms. The van der Waals surface area contributed by atoms with Crippen molar-refractivity contribution in [1.82, 2.24) is 15.0 Å². The summed E-state index contributed by atoms with van der Waals surface area (Å²) in [5, 5.41) is 6.80. The zero-order chi connectivity index (χ0) is 22.1. The van der Waals surface area contributed by atoms with E-state index in [1.165, 1.54) is 0 Å². The van der Waals surface area contributed by atoms with E-state index >= 15 is 0 Å². The normalized spacial score (nSPS) is 13.2. The van der Waals surface area contributed by atoms with Gasteiger partial charge in [-0.05, 0) is 48.7 Å². The number of carbonyl (C=O) groups excluding carboxylic acids is 2. The van der Waals surface area contributed by atoms with Crippen molar-refractivity contribution in [1.29, 1.82) is 0 Å². The molecular formula is C24H22N6O2. The lowest BCUT2D eigenvalue weighted by atomic mass is 10.1. The molecule has 1 aliphatic carbocycles. The van der Waals surface area contributed by atoms with Crippen molar-refractivity contribution >= 4 is 34.2 Å². The molecule has 1 fully saturated rings. The lowest BCUT2D eigenvalue weighted by Gasteiger charge is -2.08. The van der Waals surface area contributed by atoms with Crippen LogP contribution in [-0.4, -0.2) is 26.8 Å². The molecule has 3 aromatic heterocycles. The van der Waals surface area contributed by atoms with Crippen molar-refractivity contribution < 1.29 is 9.59 Å². The predicted octanol–water partition coefficient (Wildman–Crippen LogP) is 3.68. The fourth-order valence-corrected chi connectivity index (χ4v) is 3.66. The highest BCUT2D eigenvalue weighted by molar-refractivity contribution is 6.10. The molecule has 8 nitrogen and oxygen atoms in total. The molecule has 1 aromatic carbocycles. The smallest absolute Gasteiger partial charge is 0.255 e. The van der Waals surface area contributed by atoms with Crippen molar-refractivity contribution in [2.45, 2.75) is 19.4 Å². The Hall–Kier alpha value is -4.04. The molecule has 5 rings (SSSR count). The van der Waals surface area contributed by atoms with Gasteiger partial charge in [0.2, 0.25) is 5.91 Å². The van der Waals surface area contributed by atoms with E-state index in [4.69, 9.17) is 5.73 Å². The zero-order valence-corrected chi connectivity index (χ0v) is 17.3. The van der Waals surface area contributed by atoms with Gasteiger partial charge in [-0.15, -0.1) is 0 Å². The maximum atomic E-state index is 12.8. The second-order valence-electron chi connectivity index (χ2n) is 7.82. The monoisotopic (exact) mass is 426 g/mol. The van der Waals surface area contributed by atoms with Crippen molar-refractivity contribution in [3.63, 3.8) is 0 Å². The number of hydrogen-bond donors (Lipinski definition) is 4. The zero-order valence-electron chi connectivity index (χ0n) is 17.3. The Labute approximate surface area is 184 Å². The summed E-state index contributed by atoms with van der Waals surface area (Å²) in [7, 11) is 0. The molecule has 1 saturated carbocycles. The van der Waals surface area contributed by atoms with Gasteiger partial charge in [-0.1, -0.05) is 12.1 Å². The summed E-state index contributed by atoms with van der Waals surface area (Å²) >= 11 is 0. The molecule has 0 saturated heterocycles. The molecule has 4 aromatic rings. The number of benzene rings is 1. The van der Waals surface area contributed by atoms with E-state index in [9.17, 15) is 9.59 Å². The summed E-state index contributed by atoms with van der Waals surface area (Å²) in [6.07, 6.45) is 7.03. The van der Waals surface area contributed by atoms with E-state index in [1.807, 2.05) is 36.5 Å². The fourth-order valence-electron chi connectivity index (χ4n) is 3.66. The maximum Gasteiger partial charge on any atom is 0.255 e. The number of nitrogens with zero attached hydrogens (tertiary/aromatic N) is 2. The quantitative estimate of drug-likeness (QED) is 0.374. The number of rotatable bonds is 6. The van der Waals surface area contributed by atoms with Crippen LogP contribution < -0.4 is 16.4 Å². The Morgan fingerprint density at radius 3 is 2.72 bits per heavy atom. The molecular weight excluding hydrogens is 404 g/mol. The van der Waals surface area contributed by atoms with Gasteiger partial charge in [0, 0.05) is 47.6 Å². The number of nitrogens with two attached hydrogens (primary N) is 1. The average molecular weight is 426 g/mol.